The molecule has 1 heterocycles. The summed E-state index contributed by atoms with van der Waals surface area (Å²) in [5, 5.41) is 15.1. The Balaban J connectivity index is 2.02. The molecule has 0 aliphatic rings. The van der Waals surface area contributed by atoms with Crippen molar-refractivity contribution in [3.63, 3.8) is 0 Å². The van der Waals surface area contributed by atoms with E-state index in [0.717, 1.165) is 0 Å². The lowest BCUT2D eigenvalue weighted by atomic mass is 10.2. The Morgan fingerprint density at radius 1 is 1.23 bits per heavy atom. The van der Waals surface area contributed by atoms with Crippen LogP contribution in [0.5, 0.6) is 0 Å². The van der Waals surface area contributed by atoms with Crippen LogP contribution < -0.4 is 10.0 Å². The second-order valence-corrected chi connectivity index (χ2v) is 6.93. The smallest absolute Gasteiger partial charge is 0.325 e. The van der Waals surface area contributed by atoms with E-state index >= 15 is 0 Å². The van der Waals surface area contributed by atoms with Crippen LogP contribution in [-0.2, 0) is 26.1 Å². The van der Waals surface area contributed by atoms with E-state index in [9.17, 15) is 18.0 Å². The molecule has 2 aromatic rings. The van der Waals surface area contributed by atoms with Gasteiger partial charge in [-0.25, -0.2) is 13.1 Å². The summed E-state index contributed by atoms with van der Waals surface area (Å²) in [6.45, 7) is 0.0623. The van der Waals surface area contributed by atoms with Crippen molar-refractivity contribution in [2.75, 3.05) is 25.6 Å². The third-order valence-electron chi connectivity index (χ3n) is 3.20. The molecule has 26 heavy (non-hydrogen) atoms. The molecule has 0 saturated carbocycles. The number of hydrogen-bond donors (Lipinski definition) is 3. The predicted octanol–water partition coefficient (Wildman–Crippen LogP) is 0.145. The normalized spacial score (nSPS) is 11.3. The number of carbonyl (C=O) groups excluding carboxylic acids is 1. The molecule has 3 N–H and O–H groups in total. The van der Waals surface area contributed by atoms with Crippen molar-refractivity contribution >= 4 is 27.7 Å². The minimum atomic E-state index is -3.68. The highest BCUT2D eigenvalue weighted by Crippen LogP contribution is 2.12. The topological polar surface area (TPSA) is 140 Å². The molecule has 0 spiro atoms. The number of rotatable bonds is 9. The van der Waals surface area contributed by atoms with Gasteiger partial charge in [-0.2, -0.15) is 5.10 Å². The fraction of sp³-hybridized carbons (Fsp3) is 0.267. The number of benzene rings is 1. The molecule has 0 unspecified atom stereocenters. The lowest BCUT2D eigenvalue weighted by molar-refractivity contribution is -0.137. The molecule has 0 bridgehead atoms. The van der Waals surface area contributed by atoms with Crippen LogP contribution in [0.1, 0.15) is 10.4 Å². The van der Waals surface area contributed by atoms with E-state index in [0.29, 0.717) is 0 Å². The third kappa shape index (κ3) is 5.37. The van der Waals surface area contributed by atoms with Gasteiger partial charge in [0.15, 0.2) is 5.82 Å². The lowest BCUT2D eigenvalue weighted by Crippen LogP contribution is -2.27. The van der Waals surface area contributed by atoms with Crippen LogP contribution in [0.15, 0.2) is 41.4 Å². The molecule has 10 nitrogen and oxygen atoms in total. The number of nitrogens with zero attached hydrogens (tertiary/aromatic N) is 2. The number of aromatic nitrogens is 2. The zero-order valence-electron chi connectivity index (χ0n) is 13.9. The van der Waals surface area contributed by atoms with E-state index < -0.39 is 21.9 Å². The van der Waals surface area contributed by atoms with Gasteiger partial charge in [0, 0.05) is 31.5 Å². The van der Waals surface area contributed by atoms with E-state index in [1.165, 1.54) is 48.3 Å². The van der Waals surface area contributed by atoms with E-state index in [1.54, 1.807) is 0 Å². The van der Waals surface area contributed by atoms with Crippen molar-refractivity contribution in [2.24, 2.45) is 0 Å². The van der Waals surface area contributed by atoms with Crippen LogP contribution in [0.25, 0.3) is 0 Å². The Kier molecular flexibility index (Phi) is 6.44. The van der Waals surface area contributed by atoms with Crippen LogP contribution in [0.3, 0.4) is 0 Å². The monoisotopic (exact) mass is 382 g/mol. The molecule has 0 radical (unpaired) electrons. The maximum atomic E-state index is 12.2. The highest BCUT2D eigenvalue weighted by Gasteiger charge is 2.15. The van der Waals surface area contributed by atoms with E-state index in [4.69, 9.17) is 9.84 Å². The molecule has 0 aliphatic heterocycles. The van der Waals surface area contributed by atoms with Crippen molar-refractivity contribution in [2.45, 2.75) is 11.4 Å². The molecular weight excluding hydrogens is 364 g/mol. The number of methoxy groups -OCH3 is 1. The SMILES string of the molecule is COCCNS(=O)(=O)c1ccc(C(=O)Nc2ccn(CC(=O)O)n2)cc1. The second-order valence-electron chi connectivity index (χ2n) is 5.16. The fourth-order valence-corrected chi connectivity index (χ4v) is 3.00. The lowest BCUT2D eigenvalue weighted by Gasteiger charge is -2.07. The molecule has 0 fully saturated rings. The summed E-state index contributed by atoms with van der Waals surface area (Å²) in [6.07, 6.45) is 1.42. The summed E-state index contributed by atoms with van der Waals surface area (Å²) in [5.74, 6) is -1.36. The summed E-state index contributed by atoms with van der Waals surface area (Å²) >= 11 is 0. The van der Waals surface area contributed by atoms with Gasteiger partial charge in [-0.15, -0.1) is 0 Å². The molecule has 2 rings (SSSR count). The quantitative estimate of drug-likeness (QED) is 0.524. The summed E-state index contributed by atoms with van der Waals surface area (Å²) in [4.78, 5) is 22.8. The van der Waals surface area contributed by atoms with Gasteiger partial charge in [-0.3, -0.25) is 14.3 Å². The number of aliphatic carboxylic acids is 1. The van der Waals surface area contributed by atoms with E-state index in [2.05, 4.69) is 15.1 Å². The van der Waals surface area contributed by atoms with Crippen LogP contribution in [0.2, 0.25) is 0 Å². The molecule has 0 aliphatic carbocycles. The minimum Gasteiger partial charge on any atom is -0.480 e. The number of sulfonamides is 1. The highest BCUT2D eigenvalue weighted by molar-refractivity contribution is 7.89. The number of carboxylic acid groups (broad SMARTS) is 1. The number of carboxylic acids is 1. The first-order valence-corrected chi connectivity index (χ1v) is 8.95. The zero-order chi connectivity index (χ0) is 19.2. The molecular formula is C15H18N4O6S. The van der Waals surface area contributed by atoms with Gasteiger partial charge in [0.1, 0.15) is 6.54 Å². The predicted molar refractivity (Wildman–Crippen MR) is 91.3 cm³/mol. The highest BCUT2D eigenvalue weighted by atomic mass is 32.2. The summed E-state index contributed by atoms with van der Waals surface area (Å²) in [7, 11) is -2.21. The van der Waals surface area contributed by atoms with Crippen LogP contribution in [0.4, 0.5) is 5.82 Å². The van der Waals surface area contributed by atoms with Gasteiger partial charge in [-0.05, 0) is 24.3 Å². The molecule has 0 saturated heterocycles. The van der Waals surface area contributed by atoms with Crippen LogP contribution in [-0.4, -0.2) is 55.4 Å². The molecule has 1 aromatic carbocycles. The first kappa shape index (κ1) is 19.6. The largest absolute Gasteiger partial charge is 0.480 e. The summed E-state index contributed by atoms with van der Waals surface area (Å²) < 4.78 is 32.4. The average Bonchev–Trinajstić information content (AvgIpc) is 3.01. The molecule has 140 valence electrons. The molecule has 1 aromatic heterocycles. The number of carbonyl (C=O) groups is 2. The first-order chi connectivity index (χ1) is 12.3. The van der Waals surface area contributed by atoms with Crippen LogP contribution >= 0.6 is 0 Å². The van der Waals surface area contributed by atoms with E-state index in [1.807, 2.05) is 0 Å². The fourth-order valence-electron chi connectivity index (χ4n) is 1.99. The second kappa shape index (κ2) is 8.56. The van der Waals surface area contributed by atoms with Crippen molar-refractivity contribution < 1.29 is 27.9 Å². The van der Waals surface area contributed by atoms with Gasteiger partial charge in [0.05, 0.1) is 11.5 Å². The maximum Gasteiger partial charge on any atom is 0.325 e. The van der Waals surface area contributed by atoms with Gasteiger partial charge in [0.2, 0.25) is 10.0 Å². The van der Waals surface area contributed by atoms with Gasteiger partial charge in [-0.1, -0.05) is 0 Å². The summed E-state index contributed by atoms with van der Waals surface area (Å²) in [6, 6.07) is 6.82. The number of ether oxygens (including phenoxy) is 1. The van der Waals surface area contributed by atoms with Crippen molar-refractivity contribution in [1.82, 2.24) is 14.5 Å². The third-order valence-corrected chi connectivity index (χ3v) is 4.68. The van der Waals surface area contributed by atoms with Gasteiger partial charge >= 0.3 is 5.97 Å². The Bertz CT molecular complexity index is 876. The number of nitrogens with one attached hydrogen (secondary N) is 2. The Morgan fingerprint density at radius 3 is 2.54 bits per heavy atom. The van der Waals surface area contributed by atoms with Gasteiger partial charge < -0.3 is 15.2 Å². The van der Waals surface area contributed by atoms with Crippen molar-refractivity contribution in [3.8, 4) is 0 Å². The maximum absolute atomic E-state index is 12.2. The van der Waals surface area contributed by atoms with Gasteiger partial charge in [0.25, 0.3) is 5.91 Å². The zero-order valence-corrected chi connectivity index (χ0v) is 14.7. The van der Waals surface area contributed by atoms with E-state index in [-0.39, 0.29) is 36.0 Å². The number of anilines is 1. The molecule has 11 heteroatoms. The summed E-state index contributed by atoms with van der Waals surface area (Å²) in [5.41, 5.74) is 0.230. The Morgan fingerprint density at radius 2 is 1.92 bits per heavy atom. The van der Waals surface area contributed by atoms with Crippen molar-refractivity contribution in [1.29, 1.82) is 0 Å². The van der Waals surface area contributed by atoms with Crippen LogP contribution in [0, 0.1) is 0 Å². The first-order valence-electron chi connectivity index (χ1n) is 7.47. The average molecular weight is 382 g/mol. The Hall–Kier alpha value is -2.76. The molecule has 1 amide bonds. The standard InChI is InChI=1S/C15H18N4O6S/c1-25-9-7-16-26(23,24)12-4-2-11(3-5-12)15(22)17-13-6-8-19(18-13)10-14(20)21/h2-6,8,16H,7,9-10H2,1H3,(H,20,21)(H,17,18,22). The molecule has 0 atom stereocenters. The number of hydrogen-bond acceptors (Lipinski definition) is 6. The van der Waals surface area contributed by atoms with Crippen molar-refractivity contribution in [3.05, 3.63) is 42.1 Å². The minimum absolute atomic E-state index is 0.0240. The Labute approximate surface area is 149 Å². The number of amides is 1.